The van der Waals surface area contributed by atoms with Gasteiger partial charge in [-0.2, -0.15) is 0 Å². The molecule has 3 rings (SSSR count). The van der Waals surface area contributed by atoms with E-state index in [0.29, 0.717) is 28.6 Å². The maximum absolute atomic E-state index is 13.1. The average Bonchev–Trinajstić information content (AvgIpc) is 2.78. The Kier molecular flexibility index (Phi) is 3.74. The predicted octanol–water partition coefficient (Wildman–Crippen LogP) is 4.16. The number of amides is 1. The van der Waals surface area contributed by atoms with Crippen LogP contribution in [0.1, 0.15) is 33.6 Å². The molecule has 1 aromatic carbocycles. The molecule has 24 heavy (non-hydrogen) atoms. The van der Waals surface area contributed by atoms with Crippen molar-refractivity contribution in [1.82, 2.24) is 0 Å². The third-order valence-electron chi connectivity index (χ3n) is 6.24. The van der Waals surface area contributed by atoms with Crippen LogP contribution in [0.25, 0.3) is 0 Å². The molecule has 2 atom stereocenters. The second kappa shape index (κ2) is 5.20. The number of nitrogens with zero attached hydrogens (tertiary/aromatic N) is 1. The zero-order chi connectivity index (χ0) is 17.9. The predicted molar refractivity (Wildman–Crippen MR) is 92.9 cm³/mol. The topological polar surface area (TPSA) is 78.8 Å². The molecule has 1 aromatic rings. The Morgan fingerprint density at radius 2 is 1.92 bits per heavy atom. The smallest absolute Gasteiger partial charge is 0.239 e. The standard InChI is InChI=1S/C17H18Cl2N2O3/c1-15(2)16(3)6-7-17(15,13(22)12(16)21-24)14(23)20-11-5-4-9(18)8-10(11)19/h4-5,8,24H,6-7H2,1-3H3,(H,20,23)/b21-12+. The molecule has 0 radical (unpaired) electrons. The summed E-state index contributed by atoms with van der Waals surface area (Å²) in [7, 11) is 0. The molecule has 0 spiro atoms. The van der Waals surface area contributed by atoms with Crippen LogP contribution in [-0.4, -0.2) is 22.6 Å². The summed E-state index contributed by atoms with van der Waals surface area (Å²) in [6.07, 6.45) is 1.01. The van der Waals surface area contributed by atoms with E-state index >= 15 is 0 Å². The Morgan fingerprint density at radius 3 is 2.46 bits per heavy atom. The lowest BCUT2D eigenvalue weighted by atomic mass is 9.64. The van der Waals surface area contributed by atoms with Gasteiger partial charge in [0.25, 0.3) is 0 Å². The van der Waals surface area contributed by atoms with Gasteiger partial charge in [-0.25, -0.2) is 0 Å². The second-order valence-electron chi connectivity index (χ2n) is 7.22. The number of fused-ring (bicyclic) bond motifs is 2. The molecule has 0 aromatic heterocycles. The summed E-state index contributed by atoms with van der Waals surface area (Å²) >= 11 is 12.0. The third kappa shape index (κ3) is 1.85. The van der Waals surface area contributed by atoms with E-state index in [-0.39, 0.29) is 5.71 Å². The van der Waals surface area contributed by atoms with Crippen molar-refractivity contribution in [1.29, 1.82) is 0 Å². The lowest BCUT2D eigenvalue weighted by molar-refractivity contribution is -0.140. The van der Waals surface area contributed by atoms with Crippen LogP contribution in [0.3, 0.4) is 0 Å². The van der Waals surface area contributed by atoms with Crippen molar-refractivity contribution in [2.75, 3.05) is 5.32 Å². The first-order valence-electron chi connectivity index (χ1n) is 7.65. The van der Waals surface area contributed by atoms with Gasteiger partial charge in [0.05, 0.1) is 10.7 Å². The molecular weight excluding hydrogens is 351 g/mol. The number of oxime groups is 1. The summed E-state index contributed by atoms with van der Waals surface area (Å²) in [4.78, 5) is 26.0. The summed E-state index contributed by atoms with van der Waals surface area (Å²) in [5, 5.41) is 16.1. The highest BCUT2D eigenvalue weighted by Gasteiger charge is 2.76. The van der Waals surface area contributed by atoms with Crippen LogP contribution >= 0.6 is 23.2 Å². The highest BCUT2D eigenvalue weighted by molar-refractivity contribution is 6.51. The number of carbonyl (C=O) groups excluding carboxylic acids is 2. The van der Waals surface area contributed by atoms with Crippen LogP contribution < -0.4 is 5.32 Å². The van der Waals surface area contributed by atoms with Crippen molar-refractivity contribution in [3.8, 4) is 0 Å². The number of carbonyl (C=O) groups is 2. The van der Waals surface area contributed by atoms with Gasteiger partial charge in [0.15, 0.2) is 5.78 Å². The fraction of sp³-hybridized carbons (Fsp3) is 0.471. The number of rotatable bonds is 2. The van der Waals surface area contributed by atoms with Gasteiger partial charge in [0, 0.05) is 10.4 Å². The fourth-order valence-electron chi connectivity index (χ4n) is 4.27. The Bertz CT molecular complexity index is 790. The highest BCUT2D eigenvalue weighted by atomic mass is 35.5. The number of nitrogens with one attached hydrogen (secondary N) is 1. The van der Waals surface area contributed by atoms with Crippen molar-refractivity contribution in [2.45, 2.75) is 33.6 Å². The molecule has 2 aliphatic rings. The minimum atomic E-state index is -1.27. The summed E-state index contributed by atoms with van der Waals surface area (Å²) in [6.45, 7) is 5.62. The zero-order valence-corrected chi connectivity index (χ0v) is 15.1. The lowest BCUT2D eigenvalue weighted by Crippen LogP contribution is -2.47. The van der Waals surface area contributed by atoms with E-state index in [0.717, 1.165) is 0 Å². The van der Waals surface area contributed by atoms with Gasteiger partial charge >= 0.3 is 0 Å². The van der Waals surface area contributed by atoms with Gasteiger partial charge in [-0.05, 0) is 36.5 Å². The van der Waals surface area contributed by atoms with Crippen LogP contribution in [-0.2, 0) is 9.59 Å². The molecule has 128 valence electrons. The van der Waals surface area contributed by atoms with E-state index in [1.165, 1.54) is 6.07 Å². The van der Waals surface area contributed by atoms with E-state index in [2.05, 4.69) is 10.5 Å². The van der Waals surface area contributed by atoms with Crippen LogP contribution in [0.15, 0.2) is 23.4 Å². The molecule has 2 aliphatic carbocycles. The van der Waals surface area contributed by atoms with E-state index in [4.69, 9.17) is 23.2 Å². The van der Waals surface area contributed by atoms with Crippen molar-refractivity contribution in [3.63, 3.8) is 0 Å². The van der Waals surface area contributed by atoms with Gasteiger partial charge < -0.3 is 10.5 Å². The molecule has 2 fully saturated rings. The highest BCUT2D eigenvalue weighted by Crippen LogP contribution is 2.69. The molecule has 0 aliphatic heterocycles. The van der Waals surface area contributed by atoms with Crippen LogP contribution in [0, 0.1) is 16.2 Å². The van der Waals surface area contributed by atoms with E-state index in [1.54, 1.807) is 12.1 Å². The van der Waals surface area contributed by atoms with Gasteiger partial charge in [0.1, 0.15) is 11.1 Å². The molecule has 1 amide bonds. The summed E-state index contributed by atoms with van der Waals surface area (Å²) in [5.41, 5.74) is -2.11. The molecule has 2 N–H and O–H groups in total. The van der Waals surface area contributed by atoms with Gasteiger partial charge in [0.2, 0.25) is 5.91 Å². The number of benzene rings is 1. The largest absolute Gasteiger partial charge is 0.411 e. The molecular formula is C17H18Cl2N2O3. The number of hydrogen-bond donors (Lipinski definition) is 2. The fourth-order valence-corrected chi connectivity index (χ4v) is 4.73. The first-order chi connectivity index (χ1) is 11.1. The lowest BCUT2D eigenvalue weighted by Gasteiger charge is -2.37. The Morgan fingerprint density at radius 1 is 1.25 bits per heavy atom. The van der Waals surface area contributed by atoms with Crippen LogP contribution in [0.5, 0.6) is 0 Å². The molecule has 2 saturated carbocycles. The van der Waals surface area contributed by atoms with Gasteiger partial charge in [-0.1, -0.05) is 49.1 Å². The normalized spacial score (nSPS) is 32.4. The monoisotopic (exact) mass is 368 g/mol. The molecule has 0 heterocycles. The SMILES string of the molecule is CC12CCC(C(=O)Nc3ccc(Cl)cc3Cl)(C(=O)/C1=N\O)C2(C)C. The quantitative estimate of drug-likeness (QED) is 0.467. The Balaban J connectivity index is 2.04. The number of hydrogen-bond acceptors (Lipinski definition) is 4. The van der Waals surface area contributed by atoms with Gasteiger partial charge in [-0.3, -0.25) is 9.59 Å². The molecule has 2 unspecified atom stereocenters. The van der Waals surface area contributed by atoms with E-state index < -0.39 is 27.9 Å². The van der Waals surface area contributed by atoms with Crippen LogP contribution in [0.4, 0.5) is 5.69 Å². The van der Waals surface area contributed by atoms with Crippen molar-refractivity contribution in [3.05, 3.63) is 28.2 Å². The van der Waals surface area contributed by atoms with E-state index in [1.807, 2.05) is 20.8 Å². The summed E-state index contributed by atoms with van der Waals surface area (Å²) in [6, 6.07) is 4.74. The second-order valence-corrected chi connectivity index (χ2v) is 8.06. The first kappa shape index (κ1) is 17.2. The molecule has 7 heteroatoms. The van der Waals surface area contributed by atoms with E-state index in [9.17, 15) is 14.8 Å². The summed E-state index contributed by atoms with van der Waals surface area (Å²) < 4.78 is 0. The number of Topliss-reactive ketones (excluding diaryl/α,β-unsaturated/α-hetero) is 1. The van der Waals surface area contributed by atoms with Crippen molar-refractivity contribution in [2.24, 2.45) is 21.4 Å². The van der Waals surface area contributed by atoms with Crippen molar-refractivity contribution < 1.29 is 14.8 Å². The maximum Gasteiger partial charge on any atom is 0.239 e. The molecule has 5 nitrogen and oxygen atoms in total. The Hall–Kier alpha value is -1.59. The number of anilines is 1. The first-order valence-corrected chi connectivity index (χ1v) is 8.41. The number of ketones is 1. The minimum absolute atomic E-state index is 0.0797. The third-order valence-corrected chi connectivity index (χ3v) is 6.79. The summed E-state index contributed by atoms with van der Waals surface area (Å²) in [5.74, 6) is -0.838. The maximum atomic E-state index is 13.1. The van der Waals surface area contributed by atoms with Crippen LogP contribution in [0.2, 0.25) is 10.0 Å². The Labute approximate surface area is 150 Å². The average molecular weight is 369 g/mol. The molecule has 0 saturated heterocycles. The van der Waals surface area contributed by atoms with Crippen molar-refractivity contribution >= 4 is 46.3 Å². The molecule has 2 bridgehead atoms. The zero-order valence-electron chi connectivity index (χ0n) is 13.6. The number of halogens is 2. The minimum Gasteiger partial charge on any atom is -0.411 e. The van der Waals surface area contributed by atoms with Gasteiger partial charge in [-0.15, -0.1) is 0 Å².